The molecule has 4 heteroatoms. The molecule has 27 heavy (non-hydrogen) atoms. The molecule has 1 N–H and O–H groups in total. The van der Waals surface area contributed by atoms with E-state index in [0.29, 0.717) is 0 Å². The van der Waals surface area contributed by atoms with Gasteiger partial charge in [-0.15, -0.1) is 0 Å². The first kappa shape index (κ1) is 17.5. The second-order valence-corrected chi connectivity index (χ2v) is 7.21. The molecule has 0 atom stereocenters. The molecule has 0 bridgehead atoms. The number of H-pyrrole nitrogens is 1. The van der Waals surface area contributed by atoms with Gasteiger partial charge in [0.2, 0.25) is 11.3 Å². The Bertz CT molecular complexity index is 974. The Morgan fingerprint density at radius 1 is 1.04 bits per heavy atom. The summed E-state index contributed by atoms with van der Waals surface area (Å²) < 4.78 is 5.45. The van der Waals surface area contributed by atoms with Gasteiger partial charge in [-0.05, 0) is 38.3 Å². The average molecular weight is 361 g/mol. The number of aryl methyl sites for hydroxylation is 1. The second kappa shape index (κ2) is 7.39. The fourth-order valence-electron chi connectivity index (χ4n) is 3.83. The van der Waals surface area contributed by atoms with Gasteiger partial charge < -0.3 is 9.64 Å². The predicted octanol–water partition coefficient (Wildman–Crippen LogP) is 4.19. The lowest BCUT2D eigenvalue weighted by Crippen LogP contribution is -2.32. The van der Waals surface area contributed by atoms with E-state index in [4.69, 9.17) is 4.74 Å². The third-order valence-corrected chi connectivity index (χ3v) is 5.34. The molecule has 0 aliphatic carbocycles. The van der Waals surface area contributed by atoms with E-state index >= 15 is 0 Å². The third kappa shape index (κ3) is 3.39. The van der Waals surface area contributed by atoms with E-state index in [1.807, 2.05) is 55.6 Å². The summed E-state index contributed by atoms with van der Waals surface area (Å²) in [5.74, 6) is 0.852. The molecule has 1 aliphatic rings. The maximum Gasteiger partial charge on any atom is 0.213 e. The second-order valence-electron chi connectivity index (χ2n) is 7.21. The van der Waals surface area contributed by atoms with Gasteiger partial charge in [0.25, 0.3) is 0 Å². The molecule has 1 aliphatic heterocycles. The molecule has 0 unspecified atom stereocenters. The normalized spacial score (nSPS) is 14.4. The van der Waals surface area contributed by atoms with Gasteiger partial charge in [0, 0.05) is 24.7 Å². The van der Waals surface area contributed by atoms with Crippen LogP contribution in [-0.4, -0.2) is 26.0 Å². The molecule has 3 aromatic rings. The molecule has 1 saturated heterocycles. The number of rotatable bonds is 4. The van der Waals surface area contributed by atoms with Crippen LogP contribution in [0.15, 0.2) is 48.7 Å². The SMILES string of the molecule is COc1ccc2[nH+]cc(C(=O)c3ccc(C)cc3)c(N3CCCCC3)c2c1. The number of nitrogens with one attached hydrogen (secondary N) is 1. The number of ether oxygens (including phenoxy) is 1. The molecule has 2 aromatic carbocycles. The minimum Gasteiger partial charge on any atom is -0.497 e. The molecule has 138 valence electrons. The monoisotopic (exact) mass is 361 g/mol. The van der Waals surface area contributed by atoms with Gasteiger partial charge >= 0.3 is 0 Å². The summed E-state index contributed by atoms with van der Waals surface area (Å²) in [7, 11) is 1.67. The smallest absolute Gasteiger partial charge is 0.213 e. The summed E-state index contributed by atoms with van der Waals surface area (Å²) in [5.41, 5.74) is 4.62. The van der Waals surface area contributed by atoms with Crippen molar-refractivity contribution >= 4 is 22.4 Å². The van der Waals surface area contributed by atoms with E-state index in [-0.39, 0.29) is 5.78 Å². The summed E-state index contributed by atoms with van der Waals surface area (Å²) >= 11 is 0. The number of nitrogens with zero attached hydrogens (tertiary/aromatic N) is 1. The van der Waals surface area contributed by atoms with Crippen LogP contribution in [-0.2, 0) is 0 Å². The van der Waals surface area contributed by atoms with Crippen molar-refractivity contribution in [2.45, 2.75) is 26.2 Å². The van der Waals surface area contributed by atoms with Crippen LogP contribution in [0.3, 0.4) is 0 Å². The highest BCUT2D eigenvalue weighted by molar-refractivity contribution is 6.15. The Hall–Kier alpha value is -2.88. The minimum absolute atomic E-state index is 0.0524. The van der Waals surface area contributed by atoms with Gasteiger partial charge in [0.15, 0.2) is 6.20 Å². The van der Waals surface area contributed by atoms with E-state index in [1.165, 1.54) is 6.42 Å². The van der Waals surface area contributed by atoms with Gasteiger partial charge in [-0.25, -0.2) is 4.98 Å². The number of benzene rings is 2. The van der Waals surface area contributed by atoms with Crippen LogP contribution in [0, 0.1) is 6.92 Å². The van der Waals surface area contributed by atoms with E-state index in [1.54, 1.807) is 7.11 Å². The molecule has 1 aromatic heterocycles. The van der Waals surface area contributed by atoms with E-state index in [0.717, 1.165) is 65.0 Å². The fraction of sp³-hybridized carbons (Fsp3) is 0.304. The van der Waals surface area contributed by atoms with Crippen molar-refractivity contribution in [3.8, 4) is 5.75 Å². The summed E-state index contributed by atoms with van der Waals surface area (Å²) in [6.45, 7) is 3.98. The highest BCUT2D eigenvalue weighted by Gasteiger charge is 2.25. The third-order valence-electron chi connectivity index (χ3n) is 5.34. The quantitative estimate of drug-likeness (QED) is 0.655. The maximum absolute atomic E-state index is 13.3. The molecular formula is C23H25N2O2+. The molecule has 4 nitrogen and oxygen atoms in total. The Morgan fingerprint density at radius 2 is 1.78 bits per heavy atom. The number of fused-ring (bicyclic) bond motifs is 1. The lowest BCUT2D eigenvalue weighted by atomic mass is 9.98. The number of hydrogen-bond donors (Lipinski definition) is 0. The topological polar surface area (TPSA) is 43.7 Å². The lowest BCUT2D eigenvalue weighted by molar-refractivity contribution is -0.344. The number of hydrogen-bond acceptors (Lipinski definition) is 3. The van der Waals surface area contributed by atoms with Crippen LogP contribution in [0.2, 0.25) is 0 Å². The van der Waals surface area contributed by atoms with Crippen LogP contribution >= 0.6 is 0 Å². The Labute approximate surface area is 159 Å². The van der Waals surface area contributed by atoms with Crippen molar-refractivity contribution in [2.24, 2.45) is 0 Å². The Balaban J connectivity index is 1.90. The van der Waals surface area contributed by atoms with Gasteiger partial charge in [0.1, 0.15) is 11.3 Å². The van der Waals surface area contributed by atoms with Crippen molar-refractivity contribution in [3.63, 3.8) is 0 Å². The highest BCUT2D eigenvalue weighted by Crippen LogP contribution is 2.34. The molecule has 0 radical (unpaired) electrons. The first-order chi connectivity index (χ1) is 13.2. The summed E-state index contributed by atoms with van der Waals surface area (Å²) in [6.07, 6.45) is 5.42. The van der Waals surface area contributed by atoms with Crippen LogP contribution < -0.4 is 14.6 Å². The van der Waals surface area contributed by atoms with Gasteiger partial charge in [0.05, 0.1) is 18.2 Å². The number of aromatic amines is 1. The molecule has 2 heterocycles. The van der Waals surface area contributed by atoms with Crippen molar-refractivity contribution in [2.75, 3.05) is 25.1 Å². The molecule has 0 saturated carbocycles. The number of ketones is 1. The van der Waals surface area contributed by atoms with Crippen molar-refractivity contribution in [1.29, 1.82) is 0 Å². The maximum atomic E-state index is 13.3. The zero-order chi connectivity index (χ0) is 18.8. The van der Waals surface area contributed by atoms with Crippen LogP contribution in [0.25, 0.3) is 10.9 Å². The van der Waals surface area contributed by atoms with Gasteiger partial charge in [-0.3, -0.25) is 4.79 Å². The zero-order valence-electron chi connectivity index (χ0n) is 15.9. The standard InChI is InChI=1S/C23H24N2O2/c1-16-6-8-17(9-7-16)23(26)20-15-24-21-11-10-18(27-2)14-19(21)22(20)25-12-4-3-5-13-25/h6-11,14-15H,3-5,12-13H2,1-2H3/p+1. The van der Waals surface area contributed by atoms with Crippen molar-refractivity contribution in [1.82, 2.24) is 0 Å². The van der Waals surface area contributed by atoms with Gasteiger partial charge in [-0.1, -0.05) is 29.8 Å². The number of carbonyl (C=O) groups is 1. The van der Waals surface area contributed by atoms with Crippen LogP contribution in [0.1, 0.15) is 40.7 Å². The van der Waals surface area contributed by atoms with Gasteiger partial charge in [-0.2, -0.15) is 0 Å². The fourth-order valence-corrected chi connectivity index (χ4v) is 3.83. The van der Waals surface area contributed by atoms with E-state index < -0.39 is 0 Å². The highest BCUT2D eigenvalue weighted by atomic mass is 16.5. The minimum atomic E-state index is 0.0524. The number of aromatic nitrogens is 1. The number of methoxy groups -OCH3 is 1. The summed E-state index contributed by atoms with van der Waals surface area (Å²) in [4.78, 5) is 19.0. The zero-order valence-corrected chi connectivity index (χ0v) is 15.9. The van der Waals surface area contributed by atoms with Crippen LogP contribution in [0.5, 0.6) is 5.75 Å². The molecule has 0 amide bonds. The van der Waals surface area contributed by atoms with Crippen molar-refractivity contribution in [3.05, 3.63) is 65.4 Å². The number of piperidine rings is 1. The molecule has 0 spiro atoms. The molecule has 1 fully saturated rings. The van der Waals surface area contributed by atoms with Crippen molar-refractivity contribution < 1.29 is 14.5 Å². The number of anilines is 1. The lowest BCUT2D eigenvalue weighted by Gasteiger charge is -2.30. The average Bonchev–Trinajstić information content (AvgIpc) is 2.73. The number of pyridine rings is 1. The largest absolute Gasteiger partial charge is 0.497 e. The first-order valence-electron chi connectivity index (χ1n) is 9.56. The molecular weight excluding hydrogens is 336 g/mol. The molecule has 4 rings (SSSR count). The van der Waals surface area contributed by atoms with Crippen LogP contribution in [0.4, 0.5) is 5.69 Å². The summed E-state index contributed by atoms with van der Waals surface area (Å²) in [5, 5.41) is 1.04. The number of carbonyl (C=O) groups excluding carboxylic acids is 1. The van der Waals surface area contributed by atoms with E-state index in [9.17, 15) is 4.79 Å². The summed E-state index contributed by atoms with van der Waals surface area (Å²) in [6, 6.07) is 13.8. The van der Waals surface area contributed by atoms with E-state index in [2.05, 4.69) is 9.88 Å². The predicted molar refractivity (Wildman–Crippen MR) is 108 cm³/mol. The Kier molecular flexibility index (Phi) is 4.80. The first-order valence-corrected chi connectivity index (χ1v) is 9.56. The Morgan fingerprint density at radius 3 is 2.48 bits per heavy atom.